The predicted octanol–water partition coefficient (Wildman–Crippen LogP) is 4.74. The minimum Gasteiger partial charge on any atom is -0.317 e. The van der Waals surface area contributed by atoms with E-state index in [2.05, 4.69) is 33.1 Å². The molecule has 2 heteroatoms. The molecule has 0 aromatic carbocycles. The van der Waals surface area contributed by atoms with E-state index in [-0.39, 0.29) is 0 Å². The lowest BCUT2D eigenvalue weighted by Gasteiger charge is -2.58. The Kier molecular flexibility index (Phi) is 3.99. The summed E-state index contributed by atoms with van der Waals surface area (Å²) in [5, 5.41) is 3.55. The Balaban J connectivity index is 1.63. The SMILES string of the molecule is CN[C@@H](C)[C@H]1CC[C@H]2[C@@H]3CCC4=CC(=O)CC[C@]4(C)[C@H]3CC[C@]12C. The van der Waals surface area contributed by atoms with Gasteiger partial charge in [-0.05, 0) is 99.5 Å². The van der Waals surface area contributed by atoms with Crippen molar-refractivity contribution >= 4 is 5.78 Å². The Bertz CT molecular complexity index is 566. The molecule has 0 aromatic rings. The van der Waals surface area contributed by atoms with E-state index in [0.29, 0.717) is 22.7 Å². The molecule has 0 amide bonds. The third-order valence-electron chi connectivity index (χ3n) is 9.09. The number of hydrogen-bond donors (Lipinski definition) is 1. The van der Waals surface area contributed by atoms with Gasteiger partial charge in [-0.2, -0.15) is 0 Å². The van der Waals surface area contributed by atoms with Crippen LogP contribution < -0.4 is 5.32 Å². The van der Waals surface area contributed by atoms with Gasteiger partial charge in [-0.25, -0.2) is 0 Å². The minimum atomic E-state index is 0.324. The van der Waals surface area contributed by atoms with Crippen molar-refractivity contribution in [2.24, 2.45) is 34.5 Å². The average molecular weight is 330 g/mol. The van der Waals surface area contributed by atoms with Crippen LogP contribution in [0.4, 0.5) is 0 Å². The van der Waals surface area contributed by atoms with Gasteiger partial charge in [0.2, 0.25) is 0 Å². The van der Waals surface area contributed by atoms with Gasteiger partial charge in [0.25, 0.3) is 0 Å². The summed E-state index contributed by atoms with van der Waals surface area (Å²) >= 11 is 0. The van der Waals surface area contributed by atoms with Crippen LogP contribution in [0.3, 0.4) is 0 Å². The molecule has 0 unspecified atom stereocenters. The summed E-state index contributed by atoms with van der Waals surface area (Å²) in [5.74, 6) is 3.85. The summed E-state index contributed by atoms with van der Waals surface area (Å²) in [4.78, 5) is 11.9. The van der Waals surface area contributed by atoms with E-state index in [1.54, 1.807) is 0 Å². The molecule has 4 aliphatic carbocycles. The van der Waals surface area contributed by atoms with Gasteiger partial charge in [0.05, 0.1) is 0 Å². The molecule has 0 aromatic heterocycles. The lowest BCUT2D eigenvalue weighted by atomic mass is 9.46. The highest BCUT2D eigenvalue weighted by atomic mass is 16.1. The molecule has 4 aliphatic rings. The first-order valence-corrected chi connectivity index (χ1v) is 10.3. The lowest BCUT2D eigenvalue weighted by molar-refractivity contribution is -0.117. The molecule has 0 bridgehead atoms. The second kappa shape index (κ2) is 5.69. The largest absolute Gasteiger partial charge is 0.317 e. The van der Waals surface area contributed by atoms with E-state index in [1.165, 1.54) is 44.1 Å². The van der Waals surface area contributed by atoms with Crippen molar-refractivity contribution in [3.05, 3.63) is 11.6 Å². The Labute approximate surface area is 147 Å². The predicted molar refractivity (Wildman–Crippen MR) is 98.7 cm³/mol. The molecule has 0 radical (unpaired) electrons. The molecule has 3 fully saturated rings. The smallest absolute Gasteiger partial charge is 0.155 e. The summed E-state index contributed by atoms with van der Waals surface area (Å²) in [5.41, 5.74) is 2.36. The molecule has 24 heavy (non-hydrogen) atoms. The molecule has 4 rings (SSSR count). The second-order valence-corrected chi connectivity index (χ2v) is 9.77. The maximum Gasteiger partial charge on any atom is 0.155 e. The molecular weight excluding hydrogens is 294 g/mol. The van der Waals surface area contributed by atoms with Crippen LogP contribution in [0.25, 0.3) is 0 Å². The van der Waals surface area contributed by atoms with Gasteiger partial charge in [-0.3, -0.25) is 4.79 Å². The van der Waals surface area contributed by atoms with Crippen LogP contribution >= 0.6 is 0 Å². The first-order valence-electron chi connectivity index (χ1n) is 10.3. The summed E-state index contributed by atoms with van der Waals surface area (Å²) < 4.78 is 0. The normalized spacial score (nSPS) is 49.0. The quantitative estimate of drug-likeness (QED) is 0.792. The molecule has 2 nitrogen and oxygen atoms in total. The van der Waals surface area contributed by atoms with Crippen LogP contribution in [0.15, 0.2) is 11.6 Å². The number of ketones is 1. The molecule has 7 atom stereocenters. The highest BCUT2D eigenvalue weighted by Crippen LogP contribution is 2.66. The highest BCUT2D eigenvalue weighted by Gasteiger charge is 2.59. The first-order chi connectivity index (χ1) is 11.4. The van der Waals surface area contributed by atoms with Crippen LogP contribution in [0.1, 0.15) is 72.1 Å². The first kappa shape index (κ1) is 16.8. The molecule has 134 valence electrons. The molecule has 1 N–H and O–H groups in total. The minimum absolute atomic E-state index is 0.324. The summed E-state index contributed by atoms with van der Waals surface area (Å²) in [6.45, 7) is 7.49. The zero-order valence-electron chi connectivity index (χ0n) is 16.0. The van der Waals surface area contributed by atoms with Gasteiger partial charge in [0.1, 0.15) is 0 Å². The van der Waals surface area contributed by atoms with Gasteiger partial charge in [0.15, 0.2) is 5.78 Å². The van der Waals surface area contributed by atoms with E-state index in [0.717, 1.165) is 36.5 Å². The number of nitrogens with one attached hydrogen (secondary N) is 1. The van der Waals surface area contributed by atoms with Crippen LogP contribution in [0.5, 0.6) is 0 Å². The maximum atomic E-state index is 11.9. The summed E-state index contributed by atoms with van der Waals surface area (Å²) in [6, 6.07) is 0.637. The van der Waals surface area contributed by atoms with Gasteiger partial charge < -0.3 is 5.32 Å². The standard InChI is InChI=1S/C22H35NO/c1-14(23-4)18-7-8-19-17-6-5-15-13-16(24)9-11-21(15,2)20(17)10-12-22(18,19)3/h13-14,17-20,23H,5-12H2,1-4H3/t14-,17-,18+,19-,20-,21-,22+/m0/s1. The molecule has 0 spiro atoms. The lowest BCUT2D eigenvalue weighted by Crippen LogP contribution is -2.52. The van der Waals surface area contributed by atoms with Crippen molar-refractivity contribution < 1.29 is 4.79 Å². The Morgan fingerprint density at radius 1 is 1.08 bits per heavy atom. The average Bonchev–Trinajstić information content (AvgIpc) is 2.92. The zero-order valence-corrected chi connectivity index (χ0v) is 16.0. The zero-order chi connectivity index (χ0) is 17.1. The highest BCUT2D eigenvalue weighted by molar-refractivity contribution is 5.91. The topological polar surface area (TPSA) is 29.1 Å². The third-order valence-corrected chi connectivity index (χ3v) is 9.09. The molecule has 0 aliphatic heterocycles. The van der Waals surface area contributed by atoms with Crippen LogP contribution in [-0.4, -0.2) is 18.9 Å². The molecular formula is C22H35NO. The van der Waals surface area contributed by atoms with Crippen molar-refractivity contribution in [3.63, 3.8) is 0 Å². The van der Waals surface area contributed by atoms with Crippen molar-refractivity contribution in [3.8, 4) is 0 Å². The van der Waals surface area contributed by atoms with E-state index in [4.69, 9.17) is 0 Å². The number of hydrogen-bond acceptors (Lipinski definition) is 2. The van der Waals surface area contributed by atoms with Crippen molar-refractivity contribution in [1.82, 2.24) is 5.32 Å². The second-order valence-electron chi connectivity index (χ2n) is 9.77. The van der Waals surface area contributed by atoms with Gasteiger partial charge in [0, 0.05) is 12.5 Å². The Morgan fingerprint density at radius 2 is 1.88 bits per heavy atom. The van der Waals surface area contributed by atoms with Crippen LogP contribution in [0, 0.1) is 34.5 Å². The third kappa shape index (κ3) is 2.21. The Morgan fingerprint density at radius 3 is 2.62 bits per heavy atom. The monoisotopic (exact) mass is 329 g/mol. The fourth-order valence-electron chi connectivity index (χ4n) is 7.62. The molecule has 0 heterocycles. The van der Waals surface area contributed by atoms with Crippen molar-refractivity contribution in [1.29, 1.82) is 0 Å². The Hall–Kier alpha value is -0.630. The van der Waals surface area contributed by atoms with Crippen LogP contribution in [-0.2, 0) is 4.79 Å². The van der Waals surface area contributed by atoms with Gasteiger partial charge >= 0.3 is 0 Å². The van der Waals surface area contributed by atoms with Crippen molar-refractivity contribution in [2.75, 3.05) is 7.05 Å². The van der Waals surface area contributed by atoms with E-state index < -0.39 is 0 Å². The van der Waals surface area contributed by atoms with E-state index >= 15 is 0 Å². The van der Waals surface area contributed by atoms with Crippen molar-refractivity contribution in [2.45, 2.75) is 78.2 Å². The number of carbonyl (C=O) groups is 1. The maximum absolute atomic E-state index is 11.9. The molecule has 3 saturated carbocycles. The summed E-state index contributed by atoms with van der Waals surface area (Å²) in [6.07, 6.45) is 12.1. The van der Waals surface area contributed by atoms with Gasteiger partial charge in [-0.15, -0.1) is 0 Å². The van der Waals surface area contributed by atoms with E-state index in [9.17, 15) is 4.79 Å². The van der Waals surface area contributed by atoms with Crippen LogP contribution in [0.2, 0.25) is 0 Å². The molecule has 0 saturated heterocycles. The fourth-order valence-corrected chi connectivity index (χ4v) is 7.62. The van der Waals surface area contributed by atoms with Gasteiger partial charge in [-0.1, -0.05) is 19.4 Å². The number of fused-ring (bicyclic) bond motifs is 5. The number of carbonyl (C=O) groups excluding carboxylic acids is 1. The fraction of sp³-hybridized carbons (Fsp3) is 0.864. The van der Waals surface area contributed by atoms with E-state index in [1.807, 2.05) is 6.08 Å². The summed E-state index contributed by atoms with van der Waals surface area (Å²) in [7, 11) is 2.13. The number of allylic oxidation sites excluding steroid dienone is 1. The number of rotatable bonds is 2.